The lowest BCUT2D eigenvalue weighted by atomic mass is 10.3. The zero-order valence-electron chi connectivity index (χ0n) is 12.5. The summed E-state index contributed by atoms with van der Waals surface area (Å²) in [5, 5.41) is 3.27. The van der Waals surface area contributed by atoms with Crippen LogP contribution in [0.5, 0.6) is 0 Å². The Morgan fingerprint density at radius 2 is 2.10 bits per heavy atom. The number of furan rings is 1. The molecule has 0 aliphatic heterocycles. The number of rotatable bonds is 7. The highest BCUT2D eigenvalue weighted by Crippen LogP contribution is 2.14. The smallest absolute Gasteiger partial charge is 0.242 e. The first-order valence-corrected chi connectivity index (χ1v) is 8.27. The maximum atomic E-state index is 12.2. The van der Waals surface area contributed by atoms with E-state index in [1.807, 2.05) is 25.5 Å². The summed E-state index contributed by atoms with van der Waals surface area (Å²) in [5.74, 6) is 0.580. The van der Waals surface area contributed by atoms with E-state index in [-0.39, 0.29) is 11.4 Å². The quantitative estimate of drug-likeness (QED) is 0.814. The molecule has 0 aliphatic carbocycles. The molecule has 0 saturated heterocycles. The van der Waals surface area contributed by atoms with E-state index in [0.717, 1.165) is 5.69 Å². The van der Waals surface area contributed by atoms with Gasteiger partial charge in [0.1, 0.15) is 5.76 Å². The van der Waals surface area contributed by atoms with E-state index in [1.54, 1.807) is 24.4 Å². The van der Waals surface area contributed by atoms with Crippen molar-refractivity contribution < 1.29 is 12.8 Å². The molecule has 0 amide bonds. The summed E-state index contributed by atoms with van der Waals surface area (Å²) in [6, 6.07) is 5.48. The van der Waals surface area contributed by atoms with Crippen LogP contribution in [-0.4, -0.2) is 19.0 Å². The van der Waals surface area contributed by atoms with Gasteiger partial charge in [0, 0.05) is 31.5 Å². The fourth-order valence-corrected chi connectivity index (χ4v) is 2.96. The Morgan fingerprint density at radius 1 is 1.33 bits per heavy atom. The topological polar surface area (TPSA) is 76.3 Å². The van der Waals surface area contributed by atoms with Gasteiger partial charge in [-0.2, -0.15) is 0 Å². The van der Waals surface area contributed by atoms with Gasteiger partial charge in [0.25, 0.3) is 0 Å². The number of sulfonamides is 1. The molecule has 2 heterocycles. The Morgan fingerprint density at radius 3 is 2.71 bits per heavy atom. The molecule has 0 aliphatic rings. The van der Waals surface area contributed by atoms with Crippen LogP contribution in [-0.2, 0) is 30.2 Å². The molecule has 2 rings (SSSR count). The van der Waals surface area contributed by atoms with E-state index >= 15 is 0 Å². The highest BCUT2D eigenvalue weighted by atomic mass is 32.2. The van der Waals surface area contributed by atoms with Crippen LogP contribution in [0.25, 0.3) is 0 Å². The third-order valence-electron chi connectivity index (χ3n) is 3.10. The molecule has 0 unspecified atom stereocenters. The fraction of sp³-hybridized carbons (Fsp3) is 0.429. The van der Waals surface area contributed by atoms with Gasteiger partial charge in [0.05, 0.1) is 17.7 Å². The molecule has 7 heteroatoms. The number of aromatic nitrogens is 1. The SMILES string of the molecule is CC(C)NCc1cc(S(=O)(=O)NCc2ccco2)cn1C. The summed E-state index contributed by atoms with van der Waals surface area (Å²) in [4.78, 5) is 0.261. The Bertz CT molecular complexity index is 672. The van der Waals surface area contributed by atoms with Crippen LogP contribution in [0.15, 0.2) is 40.0 Å². The number of nitrogens with one attached hydrogen (secondary N) is 2. The van der Waals surface area contributed by atoms with Gasteiger partial charge in [0.15, 0.2) is 0 Å². The summed E-state index contributed by atoms with van der Waals surface area (Å²) in [6.07, 6.45) is 3.13. The van der Waals surface area contributed by atoms with E-state index in [2.05, 4.69) is 10.0 Å². The number of hydrogen-bond acceptors (Lipinski definition) is 4. The molecule has 0 saturated carbocycles. The molecule has 0 aromatic carbocycles. The van der Waals surface area contributed by atoms with Crippen LogP contribution in [0.3, 0.4) is 0 Å². The average molecular weight is 311 g/mol. The highest BCUT2D eigenvalue weighted by Gasteiger charge is 2.17. The van der Waals surface area contributed by atoms with Crippen molar-refractivity contribution in [1.82, 2.24) is 14.6 Å². The lowest BCUT2D eigenvalue weighted by Crippen LogP contribution is -2.23. The summed E-state index contributed by atoms with van der Waals surface area (Å²) in [6.45, 7) is 4.86. The molecule has 0 fully saturated rings. The van der Waals surface area contributed by atoms with Crippen molar-refractivity contribution >= 4 is 10.0 Å². The van der Waals surface area contributed by atoms with E-state index in [1.165, 1.54) is 6.26 Å². The molecular weight excluding hydrogens is 290 g/mol. The molecule has 6 nitrogen and oxygen atoms in total. The Kier molecular flexibility index (Phi) is 4.87. The van der Waals surface area contributed by atoms with Gasteiger partial charge in [-0.05, 0) is 18.2 Å². The molecule has 2 aromatic rings. The Labute approximate surface area is 125 Å². The van der Waals surface area contributed by atoms with Gasteiger partial charge < -0.3 is 14.3 Å². The van der Waals surface area contributed by atoms with Gasteiger partial charge in [0.2, 0.25) is 10.0 Å². The molecule has 0 spiro atoms. The summed E-state index contributed by atoms with van der Waals surface area (Å²) < 4.78 is 33.9. The van der Waals surface area contributed by atoms with Gasteiger partial charge in [-0.1, -0.05) is 13.8 Å². The van der Waals surface area contributed by atoms with Crippen LogP contribution in [0.2, 0.25) is 0 Å². The Hall–Kier alpha value is -1.57. The van der Waals surface area contributed by atoms with Crippen molar-refractivity contribution in [2.75, 3.05) is 0 Å². The number of hydrogen-bond donors (Lipinski definition) is 2. The van der Waals surface area contributed by atoms with Crippen molar-refractivity contribution in [2.24, 2.45) is 7.05 Å². The fourth-order valence-electron chi connectivity index (χ4n) is 1.87. The molecule has 2 aromatic heterocycles. The van der Waals surface area contributed by atoms with E-state index in [9.17, 15) is 8.42 Å². The first-order chi connectivity index (χ1) is 9.88. The summed E-state index contributed by atoms with van der Waals surface area (Å²) in [7, 11) is -1.70. The van der Waals surface area contributed by atoms with Crippen LogP contribution < -0.4 is 10.0 Å². The number of aryl methyl sites for hydroxylation is 1. The lowest BCUT2D eigenvalue weighted by Gasteiger charge is -2.08. The second kappa shape index (κ2) is 6.46. The maximum absolute atomic E-state index is 12.2. The largest absolute Gasteiger partial charge is 0.468 e. The maximum Gasteiger partial charge on any atom is 0.242 e. The van der Waals surface area contributed by atoms with Crippen LogP contribution in [0.4, 0.5) is 0 Å². The third-order valence-corrected chi connectivity index (χ3v) is 4.47. The predicted molar refractivity (Wildman–Crippen MR) is 80.1 cm³/mol. The van der Waals surface area contributed by atoms with E-state index in [0.29, 0.717) is 18.3 Å². The molecule has 21 heavy (non-hydrogen) atoms. The molecule has 0 atom stereocenters. The minimum atomic E-state index is -3.54. The van der Waals surface area contributed by atoms with Crippen molar-refractivity contribution in [2.45, 2.75) is 37.9 Å². The van der Waals surface area contributed by atoms with Crippen LogP contribution >= 0.6 is 0 Å². The zero-order valence-corrected chi connectivity index (χ0v) is 13.3. The van der Waals surface area contributed by atoms with Gasteiger partial charge in [-0.3, -0.25) is 0 Å². The molecule has 2 N–H and O–H groups in total. The average Bonchev–Trinajstić information content (AvgIpc) is 3.04. The van der Waals surface area contributed by atoms with Crippen molar-refractivity contribution in [3.05, 3.63) is 42.1 Å². The monoisotopic (exact) mass is 311 g/mol. The molecular formula is C14H21N3O3S. The van der Waals surface area contributed by atoms with Crippen molar-refractivity contribution in [1.29, 1.82) is 0 Å². The second-order valence-corrected chi connectivity index (χ2v) is 6.98. The van der Waals surface area contributed by atoms with Gasteiger partial charge in [-0.15, -0.1) is 0 Å². The first kappa shape index (κ1) is 15.8. The third kappa shape index (κ3) is 4.20. The summed E-state index contributed by atoms with van der Waals surface area (Å²) in [5.41, 5.74) is 0.919. The zero-order chi connectivity index (χ0) is 15.5. The lowest BCUT2D eigenvalue weighted by molar-refractivity contribution is 0.498. The van der Waals surface area contributed by atoms with E-state index in [4.69, 9.17) is 4.42 Å². The Balaban J connectivity index is 2.07. The predicted octanol–water partition coefficient (Wildman–Crippen LogP) is 1.59. The summed E-state index contributed by atoms with van der Waals surface area (Å²) >= 11 is 0. The minimum Gasteiger partial charge on any atom is -0.468 e. The first-order valence-electron chi connectivity index (χ1n) is 6.79. The molecule has 0 bridgehead atoms. The van der Waals surface area contributed by atoms with E-state index < -0.39 is 10.0 Å². The second-order valence-electron chi connectivity index (χ2n) is 5.22. The molecule has 0 radical (unpaired) electrons. The normalized spacial score (nSPS) is 12.2. The standard InChI is InChI=1S/C14H21N3O3S/c1-11(2)15-8-12-7-14(10-17(12)3)21(18,19)16-9-13-5-4-6-20-13/h4-7,10-11,15-16H,8-9H2,1-3H3. The minimum absolute atomic E-state index is 0.143. The van der Waals surface area contributed by atoms with Crippen molar-refractivity contribution in [3.63, 3.8) is 0 Å². The molecule has 116 valence electrons. The van der Waals surface area contributed by atoms with Gasteiger partial charge in [-0.25, -0.2) is 13.1 Å². The van der Waals surface area contributed by atoms with Crippen LogP contribution in [0.1, 0.15) is 25.3 Å². The number of nitrogens with zero attached hydrogens (tertiary/aromatic N) is 1. The van der Waals surface area contributed by atoms with Crippen LogP contribution in [0, 0.1) is 0 Å². The highest BCUT2D eigenvalue weighted by molar-refractivity contribution is 7.89. The van der Waals surface area contributed by atoms with Crippen molar-refractivity contribution in [3.8, 4) is 0 Å². The van der Waals surface area contributed by atoms with Gasteiger partial charge >= 0.3 is 0 Å².